The lowest BCUT2D eigenvalue weighted by Crippen LogP contribution is -2.34. The van der Waals surface area contributed by atoms with Gasteiger partial charge in [0.2, 0.25) is 0 Å². The van der Waals surface area contributed by atoms with Crippen LogP contribution in [0.15, 0.2) is 18.2 Å². The van der Waals surface area contributed by atoms with E-state index in [2.05, 4.69) is 30.8 Å². The maximum Gasteiger partial charge on any atom is 0.138 e. The minimum absolute atomic E-state index is 0.166. The molecule has 1 aliphatic rings. The molecular weight excluding hydrogens is 226 g/mol. The number of hydrogen-bond donors (Lipinski definition) is 2. The summed E-state index contributed by atoms with van der Waals surface area (Å²) in [5.74, 6) is 0.856. The molecule has 1 heterocycles. The summed E-state index contributed by atoms with van der Waals surface area (Å²) < 4.78 is 0. The number of nitrogens with two attached hydrogens (primary N) is 1. The average Bonchev–Trinajstić information content (AvgIpc) is 2.65. The molecular formula is C14H23N3O. The molecule has 0 amide bonds. The zero-order valence-corrected chi connectivity index (χ0v) is 11.4. The molecule has 0 aromatic heterocycles. The molecule has 18 heavy (non-hydrogen) atoms. The first-order valence-electron chi connectivity index (χ1n) is 6.43. The van der Waals surface area contributed by atoms with Gasteiger partial charge in [0.05, 0.1) is 5.69 Å². The van der Waals surface area contributed by atoms with Gasteiger partial charge in [-0.05, 0) is 37.7 Å². The zero-order valence-electron chi connectivity index (χ0n) is 11.4. The minimum Gasteiger partial charge on any atom is -0.506 e. The van der Waals surface area contributed by atoms with Crippen LogP contribution in [0, 0.1) is 5.92 Å². The summed E-state index contributed by atoms with van der Waals surface area (Å²) >= 11 is 0. The van der Waals surface area contributed by atoms with Crippen LogP contribution < -0.4 is 5.73 Å². The Kier molecular flexibility index (Phi) is 3.78. The standard InChI is InChI=1S/C14H23N3O/c1-10-7-17(9-13(10)16(2)3)8-11-4-5-14(18)12(15)6-11/h4-6,10,13,18H,7-9,15H2,1-3H3. The lowest BCUT2D eigenvalue weighted by molar-refractivity contribution is 0.250. The van der Waals surface area contributed by atoms with Crippen molar-refractivity contribution < 1.29 is 5.11 Å². The van der Waals surface area contributed by atoms with Crippen molar-refractivity contribution in [3.8, 4) is 5.75 Å². The fourth-order valence-corrected chi connectivity index (χ4v) is 2.81. The summed E-state index contributed by atoms with van der Waals surface area (Å²) in [5.41, 5.74) is 7.35. The van der Waals surface area contributed by atoms with Crippen molar-refractivity contribution in [3.05, 3.63) is 23.8 Å². The molecule has 0 spiro atoms. The third-order valence-electron chi connectivity index (χ3n) is 3.81. The Bertz CT molecular complexity index is 420. The first-order valence-corrected chi connectivity index (χ1v) is 6.43. The number of benzene rings is 1. The molecule has 2 rings (SSSR count). The molecule has 1 aliphatic heterocycles. The van der Waals surface area contributed by atoms with E-state index in [4.69, 9.17) is 5.73 Å². The van der Waals surface area contributed by atoms with E-state index >= 15 is 0 Å². The Hall–Kier alpha value is -1.26. The predicted molar refractivity (Wildman–Crippen MR) is 74.4 cm³/mol. The highest BCUT2D eigenvalue weighted by molar-refractivity contribution is 5.53. The molecule has 0 aliphatic carbocycles. The summed E-state index contributed by atoms with van der Waals surface area (Å²) in [6.07, 6.45) is 0. The molecule has 2 atom stereocenters. The highest BCUT2D eigenvalue weighted by atomic mass is 16.3. The Morgan fingerprint density at radius 3 is 2.67 bits per heavy atom. The number of likely N-dealkylation sites (tertiary alicyclic amines) is 1. The van der Waals surface area contributed by atoms with E-state index in [1.54, 1.807) is 6.07 Å². The summed E-state index contributed by atoms with van der Waals surface area (Å²) in [4.78, 5) is 4.75. The van der Waals surface area contributed by atoms with E-state index in [0.29, 0.717) is 17.6 Å². The number of nitrogens with zero attached hydrogens (tertiary/aromatic N) is 2. The lowest BCUT2D eigenvalue weighted by atomic mass is 10.1. The van der Waals surface area contributed by atoms with Crippen LogP contribution in [-0.4, -0.2) is 48.1 Å². The molecule has 1 aromatic carbocycles. The molecule has 3 N–H and O–H groups in total. The van der Waals surface area contributed by atoms with Crippen molar-refractivity contribution in [2.75, 3.05) is 32.9 Å². The maximum atomic E-state index is 9.42. The molecule has 2 unspecified atom stereocenters. The quantitative estimate of drug-likeness (QED) is 0.627. The van der Waals surface area contributed by atoms with Gasteiger partial charge in [0, 0.05) is 25.7 Å². The number of anilines is 1. The van der Waals surface area contributed by atoms with Crippen molar-refractivity contribution in [3.63, 3.8) is 0 Å². The van der Waals surface area contributed by atoms with Crippen molar-refractivity contribution in [1.29, 1.82) is 0 Å². The average molecular weight is 249 g/mol. The van der Waals surface area contributed by atoms with Crippen LogP contribution in [-0.2, 0) is 6.54 Å². The summed E-state index contributed by atoms with van der Waals surface area (Å²) in [6, 6.07) is 6.11. The van der Waals surface area contributed by atoms with Crippen LogP contribution in [0.25, 0.3) is 0 Å². The van der Waals surface area contributed by atoms with Crippen LogP contribution in [0.4, 0.5) is 5.69 Å². The van der Waals surface area contributed by atoms with E-state index in [-0.39, 0.29) is 5.75 Å². The van der Waals surface area contributed by atoms with Gasteiger partial charge < -0.3 is 15.7 Å². The summed E-state index contributed by atoms with van der Waals surface area (Å²) in [5, 5.41) is 9.42. The molecule has 0 saturated carbocycles. The Labute approximate surface area is 109 Å². The second kappa shape index (κ2) is 5.16. The fraction of sp³-hybridized carbons (Fsp3) is 0.571. The van der Waals surface area contributed by atoms with Gasteiger partial charge in [0.1, 0.15) is 5.75 Å². The van der Waals surface area contributed by atoms with Crippen molar-refractivity contribution in [2.24, 2.45) is 5.92 Å². The van der Waals surface area contributed by atoms with E-state index < -0.39 is 0 Å². The number of hydrogen-bond acceptors (Lipinski definition) is 4. The lowest BCUT2D eigenvalue weighted by Gasteiger charge is -2.22. The first kappa shape index (κ1) is 13.2. The van der Waals surface area contributed by atoms with E-state index in [1.165, 1.54) is 0 Å². The number of phenolic OH excluding ortho intramolecular Hbond substituents is 1. The number of likely N-dealkylation sites (N-methyl/N-ethyl adjacent to an activating group) is 1. The van der Waals surface area contributed by atoms with Crippen LogP contribution in [0.1, 0.15) is 12.5 Å². The van der Waals surface area contributed by atoms with Gasteiger partial charge in [0.25, 0.3) is 0 Å². The smallest absolute Gasteiger partial charge is 0.138 e. The molecule has 100 valence electrons. The van der Waals surface area contributed by atoms with Gasteiger partial charge in [-0.25, -0.2) is 0 Å². The molecule has 0 bridgehead atoms. The number of nitrogen functional groups attached to an aromatic ring is 1. The Morgan fingerprint density at radius 2 is 2.11 bits per heavy atom. The molecule has 0 radical (unpaired) electrons. The zero-order chi connectivity index (χ0) is 13.3. The van der Waals surface area contributed by atoms with Crippen molar-refractivity contribution >= 4 is 5.69 Å². The van der Waals surface area contributed by atoms with Crippen molar-refractivity contribution in [1.82, 2.24) is 9.80 Å². The van der Waals surface area contributed by atoms with E-state index in [9.17, 15) is 5.11 Å². The normalized spacial score (nSPS) is 24.9. The highest BCUT2D eigenvalue weighted by Gasteiger charge is 2.30. The first-order chi connectivity index (χ1) is 8.47. The fourth-order valence-electron chi connectivity index (χ4n) is 2.81. The predicted octanol–water partition coefficient (Wildman–Crippen LogP) is 1.36. The number of aromatic hydroxyl groups is 1. The molecule has 1 saturated heterocycles. The second-order valence-corrected chi connectivity index (χ2v) is 5.60. The van der Waals surface area contributed by atoms with E-state index in [0.717, 1.165) is 25.2 Å². The monoisotopic (exact) mass is 249 g/mol. The molecule has 1 fully saturated rings. The van der Waals surface area contributed by atoms with E-state index in [1.807, 2.05) is 12.1 Å². The van der Waals surface area contributed by atoms with Crippen LogP contribution in [0.2, 0.25) is 0 Å². The topological polar surface area (TPSA) is 52.7 Å². The van der Waals surface area contributed by atoms with Crippen LogP contribution >= 0.6 is 0 Å². The number of phenols is 1. The highest BCUT2D eigenvalue weighted by Crippen LogP contribution is 2.25. The maximum absolute atomic E-state index is 9.42. The van der Waals surface area contributed by atoms with Gasteiger partial charge in [-0.2, -0.15) is 0 Å². The summed E-state index contributed by atoms with van der Waals surface area (Å²) in [7, 11) is 4.28. The largest absolute Gasteiger partial charge is 0.506 e. The van der Waals surface area contributed by atoms with Gasteiger partial charge in [-0.3, -0.25) is 4.90 Å². The molecule has 4 nitrogen and oxygen atoms in total. The van der Waals surface area contributed by atoms with Crippen LogP contribution in [0.3, 0.4) is 0 Å². The van der Waals surface area contributed by atoms with Gasteiger partial charge in [-0.1, -0.05) is 13.0 Å². The van der Waals surface area contributed by atoms with Gasteiger partial charge >= 0.3 is 0 Å². The van der Waals surface area contributed by atoms with Crippen LogP contribution in [0.5, 0.6) is 5.75 Å². The Morgan fingerprint density at radius 1 is 1.39 bits per heavy atom. The third-order valence-corrected chi connectivity index (χ3v) is 3.81. The number of rotatable bonds is 3. The molecule has 1 aromatic rings. The van der Waals surface area contributed by atoms with Gasteiger partial charge in [0.15, 0.2) is 0 Å². The SMILES string of the molecule is CC1CN(Cc2ccc(O)c(N)c2)CC1N(C)C. The minimum atomic E-state index is 0.166. The summed E-state index contributed by atoms with van der Waals surface area (Å²) in [6.45, 7) is 5.41. The van der Waals surface area contributed by atoms with Crippen molar-refractivity contribution in [2.45, 2.75) is 19.5 Å². The molecule has 4 heteroatoms. The second-order valence-electron chi connectivity index (χ2n) is 5.60. The Balaban J connectivity index is 2.00. The van der Waals surface area contributed by atoms with Gasteiger partial charge in [-0.15, -0.1) is 0 Å². The third kappa shape index (κ3) is 2.76.